The largest absolute Gasteiger partial charge is 0.455 e. The zero-order valence-corrected chi connectivity index (χ0v) is 33.6. The molecule has 7 rings (SSSR count). The summed E-state index contributed by atoms with van der Waals surface area (Å²) in [5, 5.41) is 2.38. The van der Waals surface area contributed by atoms with Gasteiger partial charge in [-0.15, -0.1) is 0 Å². The van der Waals surface area contributed by atoms with Gasteiger partial charge in [-0.2, -0.15) is 0 Å². The molecule has 0 aliphatic rings. The molecule has 2 aromatic heterocycles. The summed E-state index contributed by atoms with van der Waals surface area (Å²) in [5.74, 6) is 1.95. The minimum atomic E-state index is -0.135. The standard InChI is InChI=1S/C49H53N3O/c1-46(2,3)34-27-35-40-39(36(47(4,5)6)29-38(49(10,11)12)42(40)53-41(35)37(28-34)48(7,8)9)30-23-25-33(26-24-30)45-51-43(31-19-15-13-16-20-31)50-44(52-45)32-21-17-14-18-22-32/h13-29H,1-12H3. The van der Waals surface area contributed by atoms with E-state index in [1.807, 2.05) is 60.7 Å². The van der Waals surface area contributed by atoms with Gasteiger partial charge in [0.05, 0.1) is 0 Å². The molecule has 270 valence electrons. The van der Waals surface area contributed by atoms with E-state index in [0.29, 0.717) is 17.5 Å². The molecule has 2 heterocycles. The van der Waals surface area contributed by atoms with E-state index in [1.165, 1.54) is 38.6 Å². The average molecular weight is 700 g/mol. The van der Waals surface area contributed by atoms with Crippen molar-refractivity contribution in [2.45, 2.75) is 105 Å². The lowest BCUT2D eigenvalue weighted by atomic mass is 9.74. The third-order valence-electron chi connectivity index (χ3n) is 10.3. The van der Waals surface area contributed by atoms with Crippen LogP contribution in [0.25, 0.3) is 67.2 Å². The Morgan fingerprint density at radius 3 is 1.25 bits per heavy atom. The molecule has 0 aliphatic heterocycles. The second kappa shape index (κ2) is 12.8. The van der Waals surface area contributed by atoms with Crippen molar-refractivity contribution < 1.29 is 4.42 Å². The van der Waals surface area contributed by atoms with Crippen LogP contribution in [-0.2, 0) is 21.7 Å². The SMILES string of the molecule is CC(C)(C)c1cc(C(C)(C)C)c2oc3c(C(C)(C)C)cc(C(C)(C)C)c(-c4ccc(-c5nc(-c6ccccc6)nc(-c6ccccc6)n5)cc4)c3c2c1. The lowest BCUT2D eigenvalue weighted by molar-refractivity contribution is 0.547. The minimum Gasteiger partial charge on any atom is -0.455 e. The van der Waals surface area contributed by atoms with Crippen molar-refractivity contribution in [3.8, 4) is 45.3 Å². The maximum absolute atomic E-state index is 7.14. The van der Waals surface area contributed by atoms with Gasteiger partial charge in [-0.25, -0.2) is 15.0 Å². The first-order valence-electron chi connectivity index (χ1n) is 18.9. The summed E-state index contributed by atoms with van der Waals surface area (Å²) < 4.78 is 7.14. The Labute approximate surface area is 315 Å². The number of furan rings is 1. The van der Waals surface area contributed by atoms with E-state index >= 15 is 0 Å². The number of fused-ring (bicyclic) bond motifs is 3. The molecular weight excluding hydrogens is 647 g/mol. The minimum absolute atomic E-state index is 0.0319. The smallest absolute Gasteiger partial charge is 0.164 e. The first kappa shape index (κ1) is 36.3. The summed E-state index contributed by atoms with van der Waals surface area (Å²) >= 11 is 0. The second-order valence-electron chi connectivity index (χ2n) is 18.7. The van der Waals surface area contributed by atoms with Crippen molar-refractivity contribution in [3.63, 3.8) is 0 Å². The lowest BCUT2D eigenvalue weighted by Gasteiger charge is -2.28. The molecule has 0 bridgehead atoms. The predicted octanol–water partition coefficient (Wildman–Crippen LogP) is 13.6. The molecule has 0 atom stereocenters. The summed E-state index contributed by atoms with van der Waals surface area (Å²) in [4.78, 5) is 14.9. The van der Waals surface area contributed by atoms with Gasteiger partial charge >= 0.3 is 0 Å². The monoisotopic (exact) mass is 699 g/mol. The fourth-order valence-corrected chi connectivity index (χ4v) is 7.22. The van der Waals surface area contributed by atoms with Crippen LogP contribution in [0.3, 0.4) is 0 Å². The van der Waals surface area contributed by atoms with E-state index < -0.39 is 0 Å². The van der Waals surface area contributed by atoms with E-state index in [9.17, 15) is 0 Å². The predicted molar refractivity (Wildman–Crippen MR) is 224 cm³/mol. The van der Waals surface area contributed by atoms with Crippen LogP contribution in [0.5, 0.6) is 0 Å². The Morgan fingerprint density at radius 2 is 0.811 bits per heavy atom. The van der Waals surface area contributed by atoms with E-state index in [0.717, 1.165) is 33.4 Å². The van der Waals surface area contributed by atoms with Gasteiger partial charge in [-0.05, 0) is 50.0 Å². The van der Waals surface area contributed by atoms with Gasteiger partial charge in [0.25, 0.3) is 0 Å². The highest BCUT2D eigenvalue weighted by Crippen LogP contribution is 2.49. The summed E-state index contributed by atoms with van der Waals surface area (Å²) in [6.07, 6.45) is 0. The summed E-state index contributed by atoms with van der Waals surface area (Å²) in [6, 6.07) is 36.3. The van der Waals surface area contributed by atoms with Crippen LogP contribution < -0.4 is 0 Å². The van der Waals surface area contributed by atoms with Gasteiger partial charge < -0.3 is 4.42 Å². The summed E-state index contributed by atoms with van der Waals surface area (Å²) in [7, 11) is 0. The molecule has 0 fully saturated rings. The number of aromatic nitrogens is 3. The quantitative estimate of drug-likeness (QED) is 0.183. The average Bonchev–Trinajstić information content (AvgIpc) is 3.49. The number of nitrogens with zero attached hydrogens (tertiary/aromatic N) is 3. The van der Waals surface area contributed by atoms with E-state index in [-0.39, 0.29) is 21.7 Å². The van der Waals surface area contributed by atoms with E-state index in [1.54, 1.807) is 0 Å². The third-order valence-corrected chi connectivity index (χ3v) is 10.3. The maximum Gasteiger partial charge on any atom is 0.164 e. The highest BCUT2D eigenvalue weighted by Gasteiger charge is 2.32. The lowest BCUT2D eigenvalue weighted by Crippen LogP contribution is -2.18. The molecule has 53 heavy (non-hydrogen) atoms. The molecule has 0 radical (unpaired) electrons. The fraction of sp³-hybridized carbons (Fsp3) is 0.327. The Bertz CT molecular complexity index is 2390. The van der Waals surface area contributed by atoms with Gasteiger partial charge in [0.1, 0.15) is 11.2 Å². The van der Waals surface area contributed by atoms with Crippen LogP contribution in [0.15, 0.2) is 108 Å². The molecule has 4 nitrogen and oxygen atoms in total. The molecular formula is C49H53N3O. The zero-order valence-electron chi connectivity index (χ0n) is 33.6. The fourth-order valence-electron chi connectivity index (χ4n) is 7.22. The topological polar surface area (TPSA) is 51.8 Å². The number of hydrogen-bond donors (Lipinski definition) is 0. The van der Waals surface area contributed by atoms with Gasteiger partial charge in [0.15, 0.2) is 17.5 Å². The van der Waals surface area contributed by atoms with Crippen molar-refractivity contribution >= 4 is 21.9 Å². The van der Waals surface area contributed by atoms with Crippen molar-refractivity contribution in [1.82, 2.24) is 15.0 Å². The molecule has 0 N–H and O–H groups in total. The van der Waals surface area contributed by atoms with Crippen LogP contribution >= 0.6 is 0 Å². The van der Waals surface area contributed by atoms with Crippen molar-refractivity contribution in [2.24, 2.45) is 0 Å². The molecule has 0 spiro atoms. The van der Waals surface area contributed by atoms with E-state index in [4.69, 9.17) is 19.4 Å². The van der Waals surface area contributed by atoms with Crippen molar-refractivity contribution in [3.05, 3.63) is 125 Å². The van der Waals surface area contributed by atoms with Crippen LogP contribution in [-0.4, -0.2) is 15.0 Å². The van der Waals surface area contributed by atoms with E-state index in [2.05, 4.69) is 126 Å². The Kier molecular flexibility index (Phi) is 8.76. The van der Waals surface area contributed by atoms with Crippen molar-refractivity contribution in [2.75, 3.05) is 0 Å². The maximum atomic E-state index is 7.14. The second-order valence-corrected chi connectivity index (χ2v) is 18.7. The highest BCUT2D eigenvalue weighted by atomic mass is 16.3. The third kappa shape index (κ3) is 6.92. The normalized spacial score (nSPS) is 12.9. The molecule has 0 saturated carbocycles. The van der Waals surface area contributed by atoms with Crippen LogP contribution in [0.4, 0.5) is 0 Å². The van der Waals surface area contributed by atoms with Crippen LogP contribution in [0, 0.1) is 0 Å². The molecule has 0 unspecified atom stereocenters. The molecule has 0 amide bonds. The molecule has 0 saturated heterocycles. The molecule has 7 aromatic rings. The number of rotatable bonds is 4. The Hall–Kier alpha value is -5.09. The summed E-state index contributed by atoms with van der Waals surface area (Å²) in [6.45, 7) is 27.6. The number of hydrogen-bond acceptors (Lipinski definition) is 4. The van der Waals surface area contributed by atoms with Crippen LogP contribution in [0.2, 0.25) is 0 Å². The van der Waals surface area contributed by atoms with Crippen molar-refractivity contribution in [1.29, 1.82) is 0 Å². The molecule has 5 aromatic carbocycles. The van der Waals surface area contributed by atoms with Gasteiger partial charge in [-0.3, -0.25) is 0 Å². The summed E-state index contributed by atoms with van der Waals surface area (Å²) in [5.41, 5.74) is 11.9. The number of benzene rings is 5. The Balaban J connectivity index is 1.51. The Morgan fingerprint density at radius 1 is 0.396 bits per heavy atom. The molecule has 0 aliphatic carbocycles. The first-order valence-corrected chi connectivity index (χ1v) is 18.9. The van der Waals surface area contributed by atoms with Gasteiger partial charge in [0, 0.05) is 38.6 Å². The zero-order chi connectivity index (χ0) is 38.1. The van der Waals surface area contributed by atoms with Gasteiger partial charge in [0.2, 0.25) is 0 Å². The highest BCUT2D eigenvalue weighted by molar-refractivity contribution is 6.15. The molecule has 4 heteroatoms. The van der Waals surface area contributed by atoms with Gasteiger partial charge in [-0.1, -0.05) is 180 Å². The first-order chi connectivity index (χ1) is 24.8. The van der Waals surface area contributed by atoms with Crippen LogP contribution in [0.1, 0.15) is 105 Å².